The summed E-state index contributed by atoms with van der Waals surface area (Å²) in [4.78, 5) is 0. The first-order chi connectivity index (χ1) is 6.50. The quantitative estimate of drug-likeness (QED) is 0.792. The van der Waals surface area contributed by atoms with Crippen LogP contribution < -0.4 is 14.3 Å². The van der Waals surface area contributed by atoms with Gasteiger partial charge in [0.05, 0.1) is 0 Å². The van der Waals surface area contributed by atoms with E-state index >= 15 is 0 Å². The van der Waals surface area contributed by atoms with E-state index in [9.17, 15) is 8.78 Å². The number of nitrogens with one attached hydrogen (secondary N) is 1. The summed E-state index contributed by atoms with van der Waals surface area (Å²) < 4.78 is 26.2. The van der Waals surface area contributed by atoms with Crippen LogP contribution in [0.5, 0.6) is 0 Å². The first-order valence-electron chi connectivity index (χ1n) is 3.82. The molecular weight excluding hydrogens is 384 g/mol. The van der Waals surface area contributed by atoms with Gasteiger partial charge >= 0.3 is 96.1 Å². The molecule has 0 amide bonds. The van der Waals surface area contributed by atoms with Crippen molar-refractivity contribution in [2.24, 2.45) is 5.73 Å². The van der Waals surface area contributed by atoms with Gasteiger partial charge in [0, 0.05) is 0 Å². The zero-order chi connectivity index (χ0) is 10.7. The van der Waals surface area contributed by atoms with Crippen LogP contribution in [0.25, 0.3) is 0 Å². The van der Waals surface area contributed by atoms with Crippen molar-refractivity contribution in [2.45, 2.75) is 6.54 Å². The molecule has 0 aliphatic heterocycles. The summed E-state index contributed by atoms with van der Waals surface area (Å²) in [5.74, 6) is -0.780. The molecule has 1 aromatic carbocycles. The minimum absolute atomic E-state index is 0.0836. The van der Waals surface area contributed by atoms with Gasteiger partial charge in [0.15, 0.2) is 0 Å². The van der Waals surface area contributed by atoms with Crippen LogP contribution in [-0.2, 0) is 6.54 Å². The molecule has 0 heterocycles. The van der Waals surface area contributed by atoms with Crippen molar-refractivity contribution in [3.05, 3.63) is 41.7 Å². The molecule has 0 atom stereocenters. The second-order valence-corrected chi connectivity index (χ2v) is 4.22. The molecule has 0 fully saturated rings. The van der Waals surface area contributed by atoms with Gasteiger partial charge in [-0.05, 0) is 0 Å². The summed E-state index contributed by atoms with van der Waals surface area (Å²) >= 11 is 0.981. The normalized spacial score (nSPS) is 9.93. The maximum atomic E-state index is 13.1. The Morgan fingerprint density at radius 1 is 1.43 bits per heavy atom. The van der Waals surface area contributed by atoms with Gasteiger partial charge in [-0.2, -0.15) is 0 Å². The molecule has 5 heteroatoms. The molecule has 0 radical (unpaired) electrons. The van der Waals surface area contributed by atoms with Gasteiger partial charge in [-0.3, -0.25) is 0 Å². The molecule has 0 unspecified atom stereocenters. The van der Waals surface area contributed by atoms with Crippen LogP contribution in [-0.4, -0.2) is 0 Å². The second-order valence-electron chi connectivity index (χ2n) is 2.75. The topological polar surface area (TPSA) is 38.0 Å². The Morgan fingerprint density at radius 2 is 1.93 bits per heavy atom. The van der Waals surface area contributed by atoms with Crippen LogP contribution in [0.1, 0.15) is 5.56 Å². The van der Waals surface area contributed by atoms with Gasteiger partial charge in [-0.15, -0.1) is 0 Å². The van der Waals surface area contributed by atoms with Gasteiger partial charge in [0.25, 0.3) is 0 Å². The van der Waals surface area contributed by atoms with Crippen LogP contribution in [0.15, 0.2) is 24.5 Å². The van der Waals surface area contributed by atoms with Gasteiger partial charge in [0.1, 0.15) is 0 Å². The average molecular weight is 393 g/mol. The molecule has 1 rings (SSSR count). The fourth-order valence-electron chi connectivity index (χ4n) is 0.926. The molecule has 0 aromatic heterocycles. The molecule has 0 saturated carbocycles. The van der Waals surface area contributed by atoms with Crippen LogP contribution >= 0.6 is 0 Å². The predicted molar refractivity (Wildman–Crippen MR) is 46.2 cm³/mol. The molecule has 0 spiro atoms. The number of hydrogen-bond donors (Lipinski definition) is 2. The van der Waals surface area contributed by atoms with E-state index in [1.807, 2.05) is 0 Å². The van der Waals surface area contributed by atoms with Crippen molar-refractivity contribution >= 4 is 3.27 Å². The van der Waals surface area contributed by atoms with Gasteiger partial charge < -0.3 is 0 Å². The fraction of sp³-hybridized carbons (Fsp3) is 0.111. The van der Waals surface area contributed by atoms with Crippen LogP contribution in [0, 0.1) is 36.4 Å². The second kappa shape index (κ2) is 4.69. The third kappa shape index (κ3) is 2.91. The first kappa shape index (κ1) is 11.4. The van der Waals surface area contributed by atoms with Crippen molar-refractivity contribution < 1.29 is 33.5 Å². The van der Waals surface area contributed by atoms with Crippen LogP contribution in [0.4, 0.5) is 8.78 Å². The van der Waals surface area contributed by atoms with Crippen molar-refractivity contribution in [3.63, 3.8) is 0 Å². The van der Waals surface area contributed by atoms with E-state index in [0.29, 0.717) is 5.56 Å². The number of rotatable bonds is 3. The Kier molecular flexibility index (Phi) is 3.81. The average Bonchev–Trinajstić information content (AvgIpc) is 2.10. The van der Waals surface area contributed by atoms with Crippen molar-refractivity contribution in [1.29, 1.82) is 0 Å². The zero-order valence-corrected chi connectivity index (χ0v) is 10.2. The zero-order valence-electron chi connectivity index (χ0n) is 7.28. The van der Waals surface area contributed by atoms with E-state index in [1.165, 1.54) is 12.1 Å². The molecule has 76 valence electrons. The molecule has 0 bridgehead atoms. The molecule has 0 aliphatic carbocycles. The molecule has 0 aliphatic rings. The molecule has 1 aromatic rings. The van der Waals surface area contributed by atoms with Gasteiger partial charge in [-0.1, -0.05) is 0 Å². The van der Waals surface area contributed by atoms with E-state index in [4.69, 9.17) is 5.73 Å². The first-order valence-corrected chi connectivity index (χ1v) is 5.29. The third-order valence-electron chi connectivity index (χ3n) is 1.56. The molecule has 14 heavy (non-hydrogen) atoms. The molecule has 2 nitrogen and oxygen atoms in total. The summed E-state index contributed by atoms with van der Waals surface area (Å²) in [5, 5.41) is 2.69. The Hall–Kier alpha value is -0.697. The van der Waals surface area contributed by atoms with E-state index in [1.54, 1.807) is 0 Å². The van der Waals surface area contributed by atoms with E-state index in [0.717, 1.165) is 24.7 Å². The van der Waals surface area contributed by atoms with Crippen molar-refractivity contribution in [2.75, 3.05) is 0 Å². The summed E-state index contributed by atoms with van der Waals surface area (Å²) in [5.41, 5.74) is 5.76. The summed E-state index contributed by atoms with van der Waals surface area (Å²) in [6, 6.07) is 2.57. The summed E-state index contributed by atoms with van der Waals surface area (Å²) in [6.07, 6.45) is 0. The summed E-state index contributed by atoms with van der Waals surface area (Å²) in [6.45, 7) is 3.69. The molecule has 0 saturated heterocycles. The third-order valence-corrected chi connectivity index (χ3v) is 2.97. The molecular formula is C9H9AtF2N2. The number of hydrogen-bond acceptors (Lipinski definition) is 2. The minimum atomic E-state index is -0.527. The number of nitrogens with two attached hydrogens (primary N) is 1. The van der Waals surface area contributed by atoms with Crippen LogP contribution in [0.2, 0.25) is 0 Å². The van der Waals surface area contributed by atoms with Crippen LogP contribution in [0.3, 0.4) is 0 Å². The Balaban J connectivity index is 2.84. The Bertz CT molecular complexity index is 343. The van der Waals surface area contributed by atoms with E-state index in [2.05, 4.69) is 11.9 Å². The van der Waals surface area contributed by atoms with Gasteiger partial charge in [-0.25, -0.2) is 0 Å². The monoisotopic (exact) mass is 393 g/mol. The van der Waals surface area contributed by atoms with Crippen molar-refractivity contribution in [3.8, 4) is 0 Å². The van der Waals surface area contributed by atoms with Gasteiger partial charge in [0.2, 0.25) is 0 Å². The summed E-state index contributed by atoms with van der Waals surface area (Å²) in [7, 11) is 0. The number of halogens is 2. The fourth-order valence-corrected chi connectivity index (χ4v) is 1.35. The Morgan fingerprint density at radius 3 is 2.36 bits per heavy atom. The number of benzene rings is 1. The Labute approximate surface area is 96.0 Å². The van der Waals surface area contributed by atoms with E-state index in [-0.39, 0.29) is 15.6 Å². The van der Waals surface area contributed by atoms with E-state index < -0.39 is 11.6 Å². The standard InChI is InChI=1S/C9H9AtF2N2/c1-5(13)14-4-6-2-7(11)9(10)8(12)3-6/h2-3,14H,1,4,13H2. The predicted octanol–water partition coefficient (Wildman–Crippen LogP) is 0.659. The SMILES string of the molecule is C=C(N)NCc1cc(F)c([At])c(F)c1. The maximum absolute atomic E-state index is 13.1. The molecule has 3 N–H and O–H groups in total. The van der Waals surface area contributed by atoms with Crippen molar-refractivity contribution in [1.82, 2.24) is 5.32 Å².